The van der Waals surface area contributed by atoms with E-state index in [9.17, 15) is 9.90 Å². The molecule has 0 heterocycles. The Morgan fingerprint density at radius 1 is 1.19 bits per heavy atom. The lowest BCUT2D eigenvalue weighted by molar-refractivity contribution is 0.0832. The van der Waals surface area contributed by atoms with Gasteiger partial charge < -0.3 is 5.11 Å². The minimum absolute atomic E-state index is 0.329. The number of aliphatic hydroxyl groups excluding tert-OH is 1. The van der Waals surface area contributed by atoms with E-state index >= 15 is 0 Å². The van der Waals surface area contributed by atoms with E-state index in [1.807, 2.05) is 18.2 Å². The van der Waals surface area contributed by atoms with Gasteiger partial charge in [0.05, 0.1) is 6.10 Å². The Kier molecular flexibility index (Phi) is 3.73. The SMILES string of the molecule is O=Cc1ccccc1C(O)C1CCCCC1. The predicted molar refractivity (Wildman–Crippen MR) is 63.4 cm³/mol. The molecule has 1 N–H and O–H groups in total. The molecule has 2 nitrogen and oxygen atoms in total. The molecule has 1 aromatic rings. The molecule has 16 heavy (non-hydrogen) atoms. The fraction of sp³-hybridized carbons (Fsp3) is 0.500. The molecule has 0 bridgehead atoms. The molecule has 0 saturated heterocycles. The molecule has 0 spiro atoms. The molecule has 1 atom stereocenters. The Balaban J connectivity index is 2.18. The molecule has 1 aromatic carbocycles. The minimum Gasteiger partial charge on any atom is -0.388 e. The summed E-state index contributed by atoms with van der Waals surface area (Å²) in [5.41, 5.74) is 1.42. The highest BCUT2D eigenvalue weighted by atomic mass is 16.3. The van der Waals surface area contributed by atoms with Gasteiger partial charge in [-0.15, -0.1) is 0 Å². The average Bonchev–Trinajstić information content (AvgIpc) is 2.39. The van der Waals surface area contributed by atoms with Crippen LogP contribution in [0.3, 0.4) is 0 Å². The van der Waals surface area contributed by atoms with Crippen LogP contribution in [0.2, 0.25) is 0 Å². The highest BCUT2D eigenvalue weighted by molar-refractivity contribution is 5.77. The summed E-state index contributed by atoms with van der Waals surface area (Å²) in [6.45, 7) is 0. The summed E-state index contributed by atoms with van der Waals surface area (Å²) >= 11 is 0. The van der Waals surface area contributed by atoms with Gasteiger partial charge in [-0.25, -0.2) is 0 Å². The Morgan fingerprint density at radius 2 is 1.88 bits per heavy atom. The number of benzene rings is 1. The normalized spacial score (nSPS) is 19.3. The second-order valence-electron chi connectivity index (χ2n) is 4.59. The van der Waals surface area contributed by atoms with Gasteiger partial charge in [-0.3, -0.25) is 4.79 Å². The number of hydrogen-bond acceptors (Lipinski definition) is 2. The maximum Gasteiger partial charge on any atom is 0.150 e. The molecule has 2 heteroatoms. The van der Waals surface area contributed by atoms with Crippen molar-refractivity contribution < 1.29 is 9.90 Å². The van der Waals surface area contributed by atoms with Crippen LogP contribution in [0.15, 0.2) is 24.3 Å². The topological polar surface area (TPSA) is 37.3 Å². The lowest BCUT2D eigenvalue weighted by Gasteiger charge is -2.27. The van der Waals surface area contributed by atoms with Crippen LogP contribution in [-0.4, -0.2) is 11.4 Å². The van der Waals surface area contributed by atoms with Crippen molar-refractivity contribution in [3.05, 3.63) is 35.4 Å². The van der Waals surface area contributed by atoms with Crippen molar-refractivity contribution in [3.63, 3.8) is 0 Å². The van der Waals surface area contributed by atoms with E-state index < -0.39 is 6.10 Å². The van der Waals surface area contributed by atoms with Gasteiger partial charge in [0.15, 0.2) is 0 Å². The van der Waals surface area contributed by atoms with Crippen LogP contribution in [0.5, 0.6) is 0 Å². The van der Waals surface area contributed by atoms with Gasteiger partial charge >= 0.3 is 0 Å². The van der Waals surface area contributed by atoms with Gasteiger partial charge in [0, 0.05) is 5.56 Å². The minimum atomic E-state index is -0.471. The first-order valence-corrected chi connectivity index (χ1v) is 6.05. The van der Waals surface area contributed by atoms with E-state index in [-0.39, 0.29) is 0 Å². The van der Waals surface area contributed by atoms with Crippen LogP contribution in [-0.2, 0) is 0 Å². The van der Waals surface area contributed by atoms with Crippen molar-refractivity contribution >= 4 is 6.29 Å². The molecule has 0 aliphatic heterocycles. The van der Waals surface area contributed by atoms with Crippen molar-refractivity contribution in [2.24, 2.45) is 5.92 Å². The third-order valence-corrected chi connectivity index (χ3v) is 3.54. The lowest BCUT2D eigenvalue weighted by Crippen LogP contribution is -2.17. The monoisotopic (exact) mass is 218 g/mol. The van der Waals surface area contributed by atoms with E-state index in [0.717, 1.165) is 24.7 Å². The number of carbonyl (C=O) groups is 1. The zero-order valence-electron chi connectivity index (χ0n) is 9.43. The molecule has 1 unspecified atom stereocenters. The van der Waals surface area contributed by atoms with Crippen molar-refractivity contribution in [2.75, 3.05) is 0 Å². The Labute approximate surface area is 96.3 Å². The number of rotatable bonds is 3. The quantitative estimate of drug-likeness (QED) is 0.791. The van der Waals surface area contributed by atoms with Crippen LogP contribution >= 0.6 is 0 Å². The van der Waals surface area contributed by atoms with Gasteiger partial charge in [0.1, 0.15) is 6.29 Å². The molecule has 1 aliphatic carbocycles. The lowest BCUT2D eigenvalue weighted by atomic mass is 9.82. The third kappa shape index (κ3) is 2.33. The fourth-order valence-electron chi connectivity index (χ4n) is 2.59. The first-order chi connectivity index (χ1) is 7.83. The molecule has 0 amide bonds. The van der Waals surface area contributed by atoms with E-state index in [1.54, 1.807) is 6.07 Å². The number of carbonyl (C=O) groups excluding carboxylic acids is 1. The van der Waals surface area contributed by atoms with Gasteiger partial charge in [0.25, 0.3) is 0 Å². The van der Waals surface area contributed by atoms with Crippen LogP contribution in [0.1, 0.15) is 54.1 Å². The molecule has 1 saturated carbocycles. The van der Waals surface area contributed by atoms with Crippen LogP contribution in [0, 0.1) is 5.92 Å². The smallest absolute Gasteiger partial charge is 0.150 e. The molecular weight excluding hydrogens is 200 g/mol. The van der Waals surface area contributed by atoms with Gasteiger partial charge in [-0.1, -0.05) is 43.5 Å². The molecular formula is C14H18O2. The zero-order chi connectivity index (χ0) is 11.4. The van der Waals surface area contributed by atoms with Gasteiger partial charge in [-0.05, 0) is 24.3 Å². The number of aliphatic hydroxyl groups is 1. The van der Waals surface area contributed by atoms with Crippen LogP contribution in [0.25, 0.3) is 0 Å². The van der Waals surface area contributed by atoms with E-state index in [2.05, 4.69) is 0 Å². The highest BCUT2D eigenvalue weighted by Crippen LogP contribution is 2.35. The van der Waals surface area contributed by atoms with Crippen molar-refractivity contribution in [1.29, 1.82) is 0 Å². The zero-order valence-corrected chi connectivity index (χ0v) is 9.43. The summed E-state index contributed by atoms with van der Waals surface area (Å²) in [6, 6.07) is 7.35. The molecule has 1 aliphatic rings. The Hall–Kier alpha value is -1.15. The van der Waals surface area contributed by atoms with Crippen molar-refractivity contribution in [1.82, 2.24) is 0 Å². The molecule has 0 aromatic heterocycles. The Bertz CT molecular complexity index is 354. The largest absolute Gasteiger partial charge is 0.388 e. The molecule has 2 rings (SSSR count). The second-order valence-corrected chi connectivity index (χ2v) is 4.59. The van der Waals surface area contributed by atoms with Crippen molar-refractivity contribution in [3.8, 4) is 0 Å². The Morgan fingerprint density at radius 3 is 2.56 bits per heavy atom. The van der Waals surface area contributed by atoms with Gasteiger partial charge in [-0.2, -0.15) is 0 Å². The van der Waals surface area contributed by atoms with Crippen LogP contribution in [0.4, 0.5) is 0 Å². The summed E-state index contributed by atoms with van der Waals surface area (Å²) in [7, 11) is 0. The summed E-state index contributed by atoms with van der Waals surface area (Å²) in [5.74, 6) is 0.329. The molecule has 0 radical (unpaired) electrons. The average molecular weight is 218 g/mol. The predicted octanol–water partition coefficient (Wildman–Crippen LogP) is 3.11. The maximum atomic E-state index is 10.9. The maximum absolute atomic E-state index is 10.9. The third-order valence-electron chi connectivity index (χ3n) is 3.54. The number of aldehydes is 1. The molecule has 86 valence electrons. The highest BCUT2D eigenvalue weighted by Gasteiger charge is 2.24. The van der Waals surface area contributed by atoms with E-state index in [4.69, 9.17) is 0 Å². The summed E-state index contributed by atoms with van der Waals surface area (Å²) in [4.78, 5) is 10.9. The summed E-state index contributed by atoms with van der Waals surface area (Å²) < 4.78 is 0. The fourth-order valence-corrected chi connectivity index (χ4v) is 2.59. The summed E-state index contributed by atoms with van der Waals surface area (Å²) in [6.07, 6.45) is 6.19. The van der Waals surface area contributed by atoms with Crippen molar-refractivity contribution in [2.45, 2.75) is 38.2 Å². The summed E-state index contributed by atoms with van der Waals surface area (Å²) in [5, 5.41) is 10.3. The first kappa shape index (κ1) is 11.3. The van der Waals surface area contributed by atoms with Crippen LogP contribution < -0.4 is 0 Å². The van der Waals surface area contributed by atoms with E-state index in [1.165, 1.54) is 19.3 Å². The molecule has 1 fully saturated rings. The second kappa shape index (κ2) is 5.26. The standard InChI is InChI=1S/C14H18O2/c15-10-12-8-4-5-9-13(12)14(16)11-6-2-1-3-7-11/h4-5,8-11,14,16H,1-3,6-7H2. The first-order valence-electron chi connectivity index (χ1n) is 6.05. The number of hydrogen-bond donors (Lipinski definition) is 1. The van der Waals surface area contributed by atoms with Gasteiger partial charge in [0.2, 0.25) is 0 Å². The van der Waals surface area contributed by atoms with E-state index in [0.29, 0.717) is 11.5 Å².